The number of hydrogen-bond donors (Lipinski definition) is 0. The first kappa shape index (κ1) is 14.8. The third-order valence-corrected chi connectivity index (χ3v) is 3.79. The Morgan fingerprint density at radius 2 is 1.55 bits per heavy atom. The molecule has 0 N–H and O–H groups in total. The first-order valence-corrected chi connectivity index (χ1v) is 7.23. The van der Waals surface area contributed by atoms with Crippen LogP contribution < -0.4 is 0 Å². The molecule has 112 valence electrons. The van der Waals surface area contributed by atoms with Crippen LogP contribution in [0.5, 0.6) is 0 Å². The van der Waals surface area contributed by atoms with Crippen molar-refractivity contribution in [3.8, 4) is 16.9 Å². The maximum atomic E-state index is 12.6. The van der Waals surface area contributed by atoms with Crippen LogP contribution in [0.1, 0.15) is 5.56 Å². The number of alkyl halides is 3. The number of halogens is 4. The molecule has 0 saturated heterocycles. The molecule has 1 heterocycles. The lowest BCUT2D eigenvalue weighted by molar-refractivity contribution is -0.137. The van der Waals surface area contributed by atoms with Gasteiger partial charge in [0.05, 0.1) is 27.6 Å². The molecule has 0 radical (unpaired) electrons. The SMILES string of the molecule is FC(F)(F)c1ccc(-n2ncc(Br)c2-c2ccccc2)cc1. The Bertz CT molecular complexity index is 777. The van der Waals surface area contributed by atoms with Gasteiger partial charge in [0.25, 0.3) is 0 Å². The molecule has 0 amide bonds. The van der Waals surface area contributed by atoms with Crippen LogP contribution in [0.4, 0.5) is 13.2 Å². The van der Waals surface area contributed by atoms with E-state index in [1.807, 2.05) is 30.3 Å². The summed E-state index contributed by atoms with van der Waals surface area (Å²) in [5.41, 5.74) is 1.61. The highest BCUT2D eigenvalue weighted by Crippen LogP contribution is 2.32. The van der Waals surface area contributed by atoms with Crippen LogP contribution in [0.15, 0.2) is 65.3 Å². The highest BCUT2D eigenvalue weighted by molar-refractivity contribution is 9.10. The first-order chi connectivity index (χ1) is 10.5. The standard InChI is InChI=1S/C16H10BrF3N2/c17-14-10-21-22(15(14)11-4-2-1-3-5-11)13-8-6-12(7-9-13)16(18,19)20/h1-10H. The van der Waals surface area contributed by atoms with Gasteiger partial charge in [-0.05, 0) is 40.2 Å². The van der Waals surface area contributed by atoms with E-state index in [9.17, 15) is 13.2 Å². The van der Waals surface area contributed by atoms with Gasteiger partial charge in [-0.15, -0.1) is 0 Å². The molecule has 0 aliphatic rings. The van der Waals surface area contributed by atoms with E-state index in [0.29, 0.717) is 5.69 Å². The maximum Gasteiger partial charge on any atom is 0.416 e. The molecule has 6 heteroatoms. The van der Waals surface area contributed by atoms with Crippen molar-refractivity contribution in [1.82, 2.24) is 9.78 Å². The lowest BCUT2D eigenvalue weighted by Crippen LogP contribution is -2.05. The second-order valence-corrected chi connectivity index (χ2v) is 5.52. The summed E-state index contributed by atoms with van der Waals surface area (Å²) in [5.74, 6) is 0. The minimum atomic E-state index is -4.34. The topological polar surface area (TPSA) is 17.8 Å². The summed E-state index contributed by atoms with van der Waals surface area (Å²) in [4.78, 5) is 0. The van der Waals surface area contributed by atoms with Crippen LogP contribution in [0.3, 0.4) is 0 Å². The van der Waals surface area contributed by atoms with Crippen molar-refractivity contribution in [2.75, 3.05) is 0 Å². The van der Waals surface area contributed by atoms with Gasteiger partial charge in [-0.25, -0.2) is 4.68 Å². The van der Waals surface area contributed by atoms with Gasteiger partial charge >= 0.3 is 6.18 Å². The van der Waals surface area contributed by atoms with Crippen LogP contribution in [-0.4, -0.2) is 9.78 Å². The Hall–Kier alpha value is -2.08. The molecule has 0 fully saturated rings. The van der Waals surface area contributed by atoms with E-state index in [4.69, 9.17) is 0 Å². The first-order valence-electron chi connectivity index (χ1n) is 6.43. The van der Waals surface area contributed by atoms with E-state index in [2.05, 4.69) is 21.0 Å². The predicted molar refractivity (Wildman–Crippen MR) is 81.7 cm³/mol. The fraction of sp³-hybridized carbons (Fsp3) is 0.0625. The molecule has 0 atom stereocenters. The second-order valence-electron chi connectivity index (χ2n) is 4.66. The Labute approximate surface area is 133 Å². The molecule has 0 saturated carbocycles. The Kier molecular flexibility index (Phi) is 3.78. The average Bonchev–Trinajstić information content (AvgIpc) is 2.89. The number of benzene rings is 2. The van der Waals surface area contributed by atoms with Crippen molar-refractivity contribution in [3.05, 3.63) is 70.8 Å². The lowest BCUT2D eigenvalue weighted by Gasteiger charge is -2.10. The molecule has 3 aromatic rings. The fourth-order valence-electron chi connectivity index (χ4n) is 2.17. The highest BCUT2D eigenvalue weighted by atomic mass is 79.9. The molecule has 0 aliphatic heterocycles. The van der Waals surface area contributed by atoms with Gasteiger partial charge in [0.2, 0.25) is 0 Å². The van der Waals surface area contributed by atoms with Crippen LogP contribution in [0, 0.1) is 0 Å². The largest absolute Gasteiger partial charge is 0.416 e. The van der Waals surface area contributed by atoms with Gasteiger partial charge in [0, 0.05) is 5.56 Å². The maximum absolute atomic E-state index is 12.6. The van der Waals surface area contributed by atoms with E-state index >= 15 is 0 Å². The van der Waals surface area contributed by atoms with Crippen molar-refractivity contribution in [2.45, 2.75) is 6.18 Å². The predicted octanol–water partition coefficient (Wildman–Crippen LogP) is 5.32. The van der Waals surface area contributed by atoms with Crippen molar-refractivity contribution < 1.29 is 13.2 Å². The van der Waals surface area contributed by atoms with Gasteiger partial charge in [0.1, 0.15) is 0 Å². The molecule has 0 bridgehead atoms. The Morgan fingerprint density at radius 3 is 2.14 bits per heavy atom. The molecule has 3 rings (SSSR count). The smallest absolute Gasteiger partial charge is 0.232 e. The molecule has 0 unspecified atom stereocenters. The third kappa shape index (κ3) is 2.78. The summed E-state index contributed by atoms with van der Waals surface area (Å²) in [6.45, 7) is 0. The van der Waals surface area contributed by atoms with E-state index in [-0.39, 0.29) is 0 Å². The molecular formula is C16H10BrF3N2. The number of rotatable bonds is 2. The number of aromatic nitrogens is 2. The molecule has 2 nitrogen and oxygen atoms in total. The van der Waals surface area contributed by atoms with Crippen molar-refractivity contribution in [2.24, 2.45) is 0 Å². The zero-order valence-corrected chi connectivity index (χ0v) is 12.8. The zero-order valence-electron chi connectivity index (χ0n) is 11.2. The summed E-state index contributed by atoms with van der Waals surface area (Å²) in [5, 5.41) is 4.24. The second kappa shape index (κ2) is 5.61. The van der Waals surface area contributed by atoms with E-state index < -0.39 is 11.7 Å². The molecule has 22 heavy (non-hydrogen) atoms. The van der Waals surface area contributed by atoms with Crippen molar-refractivity contribution in [3.63, 3.8) is 0 Å². The van der Waals surface area contributed by atoms with Gasteiger partial charge < -0.3 is 0 Å². The van der Waals surface area contributed by atoms with E-state index in [1.165, 1.54) is 12.1 Å². The van der Waals surface area contributed by atoms with Gasteiger partial charge in [0.15, 0.2) is 0 Å². The van der Waals surface area contributed by atoms with Gasteiger partial charge in [-0.3, -0.25) is 0 Å². The quantitative estimate of drug-likeness (QED) is 0.600. The molecule has 0 aliphatic carbocycles. The molecular weight excluding hydrogens is 357 g/mol. The zero-order chi connectivity index (χ0) is 15.7. The minimum Gasteiger partial charge on any atom is -0.232 e. The molecule has 0 spiro atoms. The van der Waals surface area contributed by atoms with E-state index in [0.717, 1.165) is 27.9 Å². The fourth-order valence-corrected chi connectivity index (χ4v) is 2.66. The Balaban J connectivity index is 2.07. The monoisotopic (exact) mass is 366 g/mol. The van der Waals surface area contributed by atoms with Gasteiger partial charge in [-0.1, -0.05) is 30.3 Å². The highest BCUT2D eigenvalue weighted by Gasteiger charge is 2.30. The van der Waals surface area contributed by atoms with Crippen LogP contribution in [0.25, 0.3) is 16.9 Å². The number of nitrogens with zero attached hydrogens (tertiary/aromatic N) is 2. The van der Waals surface area contributed by atoms with Gasteiger partial charge in [-0.2, -0.15) is 18.3 Å². The molecule has 1 aromatic heterocycles. The minimum absolute atomic E-state index is 0.567. The summed E-state index contributed by atoms with van der Waals surface area (Å²) in [7, 11) is 0. The van der Waals surface area contributed by atoms with Crippen molar-refractivity contribution in [1.29, 1.82) is 0 Å². The van der Waals surface area contributed by atoms with Crippen LogP contribution >= 0.6 is 15.9 Å². The lowest BCUT2D eigenvalue weighted by atomic mass is 10.1. The summed E-state index contributed by atoms with van der Waals surface area (Å²) >= 11 is 3.43. The normalized spacial score (nSPS) is 11.6. The van der Waals surface area contributed by atoms with Crippen LogP contribution in [-0.2, 0) is 6.18 Å². The summed E-state index contributed by atoms with van der Waals surface area (Å²) < 4.78 is 40.3. The Morgan fingerprint density at radius 1 is 0.909 bits per heavy atom. The number of hydrogen-bond acceptors (Lipinski definition) is 1. The molecule has 2 aromatic carbocycles. The average molecular weight is 367 g/mol. The summed E-state index contributed by atoms with van der Waals surface area (Å²) in [6.07, 6.45) is -2.72. The third-order valence-electron chi connectivity index (χ3n) is 3.21. The summed E-state index contributed by atoms with van der Waals surface area (Å²) in [6, 6.07) is 14.5. The van der Waals surface area contributed by atoms with Crippen molar-refractivity contribution >= 4 is 15.9 Å². The van der Waals surface area contributed by atoms with E-state index in [1.54, 1.807) is 10.9 Å². The van der Waals surface area contributed by atoms with Crippen LogP contribution in [0.2, 0.25) is 0 Å².